The summed E-state index contributed by atoms with van der Waals surface area (Å²) in [6.45, 7) is 2.24. The summed E-state index contributed by atoms with van der Waals surface area (Å²) < 4.78 is 26.6. The number of thiazole rings is 1. The van der Waals surface area contributed by atoms with Crippen LogP contribution in [0.3, 0.4) is 0 Å². The van der Waals surface area contributed by atoms with Gasteiger partial charge in [0.05, 0.1) is 11.4 Å². The summed E-state index contributed by atoms with van der Waals surface area (Å²) in [5.41, 5.74) is 8.13. The van der Waals surface area contributed by atoms with Crippen LogP contribution in [0.4, 0.5) is 5.13 Å². The van der Waals surface area contributed by atoms with Gasteiger partial charge >= 0.3 is 0 Å². The molecular weight excluding hydrogens is 294 g/mol. The predicted octanol–water partition coefficient (Wildman–Crippen LogP) is 1.70. The molecule has 0 amide bonds. The van der Waals surface area contributed by atoms with Crippen LogP contribution in [0.15, 0.2) is 29.6 Å². The molecule has 1 aromatic carbocycles. The molecule has 0 atom stereocenters. The van der Waals surface area contributed by atoms with Crippen LogP contribution in [-0.2, 0) is 22.2 Å². The Bertz CT molecular complexity index is 680. The van der Waals surface area contributed by atoms with Crippen molar-refractivity contribution in [2.75, 3.05) is 12.3 Å². The molecule has 7 heteroatoms. The van der Waals surface area contributed by atoms with E-state index in [1.807, 2.05) is 36.6 Å². The molecule has 20 heavy (non-hydrogen) atoms. The fraction of sp³-hybridized carbons (Fsp3) is 0.308. The van der Waals surface area contributed by atoms with Crippen molar-refractivity contribution in [3.05, 3.63) is 46.5 Å². The molecule has 0 aliphatic carbocycles. The number of nitrogens with one attached hydrogen (secondary N) is 1. The largest absolute Gasteiger partial charge is 0.375 e. The summed E-state index contributed by atoms with van der Waals surface area (Å²) in [5.74, 6) is -0.00111. The van der Waals surface area contributed by atoms with E-state index in [-0.39, 0.29) is 5.75 Å². The molecule has 3 N–H and O–H groups in total. The van der Waals surface area contributed by atoms with E-state index in [0.717, 1.165) is 16.8 Å². The maximum absolute atomic E-state index is 12.0. The van der Waals surface area contributed by atoms with Gasteiger partial charge in [0.15, 0.2) is 5.13 Å². The van der Waals surface area contributed by atoms with Crippen molar-refractivity contribution < 1.29 is 8.42 Å². The van der Waals surface area contributed by atoms with Crippen molar-refractivity contribution >= 4 is 26.5 Å². The Labute approximate surface area is 122 Å². The van der Waals surface area contributed by atoms with E-state index in [2.05, 4.69) is 9.71 Å². The number of nitrogen functional groups attached to an aromatic ring is 1. The van der Waals surface area contributed by atoms with Crippen molar-refractivity contribution in [3.8, 4) is 0 Å². The van der Waals surface area contributed by atoms with Gasteiger partial charge < -0.3 is 5.73 Å². The van der Waals surface area contributed by atoms with Gasteiger partial charge in [-0.2, -0.15) is 0 Å². The highest BCUT2D eigenvalue weighted by molar-refractivity contribution is 7.88. The van der Waals surface area contributed by atoms with Crippen LogP contribution in [0.25, 0.3) is 0 Å². The number of benzene rings is 1. The van der Waals surface area contributed by atoms with Gasteiger partial charge in [-0.15, -0.1) is 11.3 Å². The van der Waals surface area contributed by atoms with E-state index in [1.165, 1.54) is 11.3 Å². The van der Waals surface area contributed by atoms with Gasteiger partial charge in [-0.3, -0.25) is 0 Å². The molecule has 0 bridgehead atoms. The molecule has 5 nitrogen and oxygen atoms in total. The first-order valence-electron chi connectivity index (χ1n) is 6.18. The maximum atomic E-state index is 12.0. The maximum Gasteiger partial charge on any atom is 0.215 e. The zero-order chi connectivity index (χ0) is 14.6. The van der Waals surface area contributed by atoms with Crippen molar-refractivity contribution in [1.82, 2.24) is 9.71 Å². The molecule has 0 aliphatic rings. The van der Waals surface area contributed by atoms with Gasteiger partial charge in [0, 0.05) is 18.3 Å². The van der Waals surface area contributed by atoms with Crippen LogP contribution < -0.4 is 10.5 Å². The van der Waals surface area contributed by atoms with Crippen LogP contribution in [0.1, 0.15) is 16.8 Å². The normalized spacial score (nSPS) is 11.7. The lowest BCUT2D eigenvalue weighted by atomic mass is 10.1. The molecule has 0 spiro atoms. The second kappa shape index (κ2) is 6.34. The first kappa shape index (κ1) is 15.0. The molecule has 0 saturated carbocycles. The molecule has 2 rings (SSSR count). The summed E-state index contributed by atoms with van der Waals surface area (Å²) in [4.78, 5) is 4.09. The number of sulfonamides is 1. The van der Waals surface area contributed by atoms with E-state index in [1.54, 1.807) is 0 Å². The number of nitrogens with two attached hydrogens (primary N) is 1. The minimum absolute atomic E-state index is 0.00111. The second-order valence-electron chi connectivity index (χ2n) is 4.51. The molecule has 0 aliphatic heterocycles. The minimum Gasteiger partial charge on any atom is -0.375 e. The summed E-state index contributed by atoms with van der Waals surface area (Å²) >= 11 is 1.36. The quantitative estimate of drug-likeness (QED) is 0.850. The molecule has 1 aromatic heterocycles. The average Bonchev–Trinajstić information content (AvgIpc) is 2.77. The third-order valence-electron chi connectivity index (χ3n) is 2.88. The highest BCUT2D eigenvalue weighted by Gasteiger charge is 2.12. The Morgan fingerprint density at radius 3 is 2.75 bits per heavy atom. The second-order valence-corrected chi connectivity index (χ2v) is 7.20. The third-order valence-corrected chi connectivity index (χ3v) is 4.94. The Kier molecular flexibility index (Phi) is 4.74. The van der Waals surface area contributed by atoms with Gasteiger partial charge in [-0.25, -0.2) is 18.1 Å². The zero-order valence-corrected chi connectivity index (χ0v) is 12.8. The van der Waals surface area contributed by atoms with Crippen LogP contribution in [0, 0.1) is 6.92 Å². The number of hydrogen-bond acceptors (Lipinski definition) is 5. The highest BCUT2D eigenvalue weighted by Crippen LogP contribution is 2.12. The highest BCUT2D eigenvalue weighted by atomic mass is 32.2. The molecule has 1 heterocycles. The van der Waals surface area contributed by atoms with Crippen molar-refractivity contribution in [1.29, 1.82) is 0 Å². The smallest absolute Gasteiger partial charge is 0.215 e. The van der Waals surface area contributed by atoms with E-state index in [4.69, 9.17) is 5.73 Å². The van der Waals surface area contributed by atoms with Crippen molar-refractivity contribution in [2.24, 2.45) is 0 Å². The molecular formula is C13H17N3O2S2. The lowest BCUT2D eigenvalue weighted by molar-refractivity contribution is 0.580. The number of nitrogens with zero attached hydrogens (tertiary/aromatic N) is 1. The van der Waals surface area contributed by atoms with Crippen LogP contribution in [-0.4, -0.2) is 19.9 Å². The zero-order valence-electron chi connectivity index (χ0n) is 11.2. The minimum atomic E-state index is -3.33. The van der Waals surface area contributed by atoms with Crippen molar-refractivity contribution in [2.45, 2.75) is 19.1 Å². The first-order valence-corrected chi connectivity index (χ1v) is 8.71. The molecule has 0 unspecified atom stereocenters. The summed E-state index contributed by atoms with van der Waals surface area (Å²) in [6, 6.07) is 7.47. The van der Waals surface area contributed by atoms with Crippen LogP contribution >= 0.6 is 11.3 Å². The Balaban J connectivity index is 1.90. The number of aromatic nitrogens is 1. The summed E-state index contributed by atoms with van der Waals surface area (Å²) in [7, 11) is -3.33. The van der Waals surface area contributed by atoms with Gasteiger partial charge in [0.25, 0.3) is 0 Å². The number of aryl methyl sites for hydroxylation is 1. The van der Waals surface area contributed by atoms with E-state index >= 15 is 0 Å². The van der Waals surface area contributed by atoms with Crippen molar-refractivity contribution in [3.63, 3.8) is 0 Å². The molecule has 0 radical (unpaired) electrons. The molecule has 2 aromatic rings. The fourth-order valence-corrected chi connectivity index (χ4v) is 3.65. The van der Waals surface area contributed by atoms with E-state index in [9.17, 15) is 8.42 Å². The number of anilines is 1. The van der Waals surface area contributed by atoms with Gasteiger partial charge in [-0.1, -0.05) is 24.3 Å². The van der Waals surface area contributed by atoms with Gasteiger partial charge in [-0.05, 0) is 18.1 Å². The first-order chi connectivity index (χ1) is 9.46. The van der Waals surface area contributed by atoms with E-state index in [0.29, 0.717) is 18.1 Å². The molecule has 0 fully saturated rings. The topological polar surface area (TPSA) is 85.1 Å². The summed E-state index contributed by atoms with van der Waals surface area (Å²) in [5, 5.41) is 2.34. The lowest BCUT2D eigenvalue weighted by Gasteiger charge is -2.08. The molecule has 108 valence electrons. The lowest BCUT2D eigenvalue weighted by Crippen LogP contribution is -2.27. The third kappa shape index (κ3) is 4.29. The Morgan fingerprint density at radius 1 is 1.35 bits per heavy atom. The fourth-order valence-electron chi connectivity index (χ4n) is 1.80. The molecule has 0 saturated heterocycles. The van der Waals surface area contributed by atoms with Crippen LogP contribution in [0.5, 0.6) is 0 Å². The van der Waals surface area contributed by atoms with Gasteiger partial charge in [0.1, 0.15) is 0 Å². The van der Waals surface area contributed by atoms with Crippen LogP contribution in [0.2, 0.25) is 0 Å². The standard InChI is InChI=1S/C13H17N3O2S2/c1-10-4-2-3-5-11(10)9-20(17,18)15-7-6-12-8-19-13(14)16-12/h2-5,8,15H,6-7,9H2,1H3,(H2,14,16). The summed E-state index contributed by atoms with van der Waals surface area (Å²) in [6.07, 6.45) is 0.542. The monoisotopic (exact) mass is 311 g/mol. The predicted molar refractivity (Wildman–Crippen MR) is 82.0 cm³/mol. The average molecular weight is 311 g/mol. The number of hydrogen-bond donors (Lipinski definition) is 2. The number of rotatable bonds is 6. The Hall–Kier alpha value is -1.44. The van der Waals surface area contributed by atoms with E-state index < -0.39 is 10.0 Å². The SMILES string of the molecule is Cc1ccccc1CS(=O)(=O)NCCc1csc(N)n1. The van der Waals surface area contributed by atoms with Gasteiger partial charge in [0.2, 0.25) is 10.0 Å². The Morgan fingerprint density at radius 2 is 2.10 bits per heavy atom.